The summed E-state index contributed by atoms with van der Waals surface area (Å²) >= 11 is 0. The summed E-state index contributed by atoms with van der Waals surface area (Å²) in [6.07, 6.45) is 0.0687. The molecule has 5 nitrogen and oxygen atoms in total. The molecule has 3 N–H and O–H groups in total. The van der Waals surface area contributed by atoms with Gasteiger partial charge in [0.05, 0.1) is 25.4 Å². The fourth-order valence-electron chi connectivity index (χ4n) is 1.73. The molecule has 2 aliphatic rings. The summed E-state index contributed by atoms with van der Waals surface area (Å²) in [5, 5.41) is 15.4. The summed E-state index contributed by atoms with van der Waals surface area (Å²) in [7, 11) is 0. The van der Waals surface area contributed by atoms with E-state index in [1.807, 2.05) is 0 Å². The molecule has 0 aromatic heterocycles. The van der Waals surface area contributed by atoms with Crippen molar-refractivity contribution in [3.8, 4) is 0 Å². The van der Waals surface area contributed by atoms with Gasteiger partial charge >= 0.3 is 0 Å². The van der Waals surface area contributed by atoms with Crippen LogP contribution in [0.1, 0.15) is 6.42 Å². The highest BCUT2D eigenvalue weighted by Gasteiger charge is 2.30. The van der Waals surface area contributed by atoms with Gasteiger partial charge in [0.15, 0.2) is 0 Å². The van der Waals surface area contributed by atoms with Crippen LogP contribution in [0.2, 0.25) is 0 Å². The summed E-state index contributed by atoms with van der Waals surface area (Å²) < 4.78 is 5.09. The van der Waals surface area contributed by atoms with Crippen molar-refractivity contribution in [3.63, 3.8) is 0 Å². The van der Waals surface area contributed by atoms with E-state index in [1.54, 1.807) is 0 Å². The van der Waals surface area contributed by atoms with Crippen LogP contribution in [0.3, 0.4) is 0 Å². The molecule has 2 saturated heterocycles. The molecule has 1 amide bonds. The van der Waals surface area contributed by atoms with Crippen LogP contribution in [0.25, 0.3) is 0 Å². The third-order valence-corrected chi connectivity index (χ3v) is 2.48. The van der Waals surface area contributed by atoms with Crippen molar-refractivity contribution in [1.29, 1.82) is 0 Å². The first-order valence-corrected chi connectivity index (χ1v) is 4.54. The van der Waals surface area contributed by atoms with E-state index >= 15 is 0 Å². The maximum Gasteiger partial charge on any atom is 0.221 e. The molecule has 0 spiro atoms. The Hall–Kier alpha value is -0.650. The van der Waals surface area contributed by atoms with Crippen LogP contribution in [0.5, 0.6) is 0 Å². The molecule has 0 radical (unpaired) electrons. The second-order valence-electron chi connectivity index (χ2n) is 3.58. The Morgan fingerprint density at radius 3 is 2.92 bits per heavy atom. The predicted molar refractivity (Wildman–Crippen MR) is 45.2 cm³/mol. The summed E-state index contributed by atoms with van der Waals surface area (Å²) in [6.45, 7) is 1.58. The van der Waals surface area contributed by atoms with Gasteiger partial charge in [-0.25, -0.2) is 0 Å². The lowest BCUT2D eigenvalue weighted by Crippen LogP contribution is -2.45. The van der Waals surface area contributed by atoms with Crippen LogP contribution >= 0.6 is 0 Å². The van der Waals surface area contributed by atoms with E-state index in [0.29, 0.717) is 26.2 Å². The molecular weight excluding hydrogens is 172 g/mol. The Kier molecular flexibility index (Phi) is 2.48. The first-order chi connectivity index (χ1) is 6.25. The third-order valence-electron chi connectivity index (χ3n) is 2.48. The van der Waals surface area contributed by atoms with Crippen molar-refractivity contribution in [3.05, 3.63) is 0 Å². The standard InChI is InChI=1S/C8H14N2O3/c11-7-4-13-3-6(7)10-5-1-8(12)9-2-5/h5-7,10-11H,1-4H2,(H,9,12). The molecule has 3 atom stereocenters. The molecule has 74 valence electrons. The number of nitrogens with one attached hydrogen (secondary N) is 2. The predicted octanol–water partition coefficient (Wildman–Crippen LogP) is -1.78. The van der Waals surface area contributed by atoms with Gasteiger partial charge in [0.2, 0.25) is 5.91 Å². The summed E-state index contributed by atoms with van der Waals surface area (Å²) in [6, 6.07) is 0.131. The first-order valence-electron chi connectivity index (χ1n) is 4.54. The van der Waals surface area contributed by atoms with Crippen molar-refractivity contribution < 1.29 is 14.6 Å². The Morgan fingerprint density at radius 1 is 1.54 bits per heavy atom. The van der Waals surface area contributed by atoms with Crippen molar-refractivity contribution >= 4 is 5.91 Å². The molecule has 0 bridgehead atoms. The molecule has 5 heteroatoms. The van der Waals surface area contributed by atoms with E-state index in [9.17, 15) is 9.90 Å². The number of hydrogen-bond acceptors (Lipinski definition) is 4. The molecule has 0 aromatic carbocycles. The highest BCUT2D eigenvalue weighted by molar-refractivity contribution is 5.78. The Labute approximate surface area is 76.5 Å². The normalized spacial score (nSPS) is 39.5. The maximum atomic E-state index is 10.9. The molecule has 0 saturated carbocycles. The largest absolute Gasteiger partial charge is 0.389 e. The van der Waals surface area contributed by atoms with Crippen LogP contribution in [0.15, 0.2) is 0 Å². The Balaban J connectivity index is 1.80. The number of carbonyl (C=O) groups is 1. The van der Waals surface area contributed by atoms with Crippen molar-refractivity contribution in [2.75, 3.05) is 19.8 Å². The van der Waals surface area contributed by atoms with Crippen molar-refractivity contribution in [2.24, 2.45) is 0 Å². The van der Waals surface area contributed by atoms with E-state index in [-0.39, 0.29) is 18.0 Å². The second kappa shape index (κ2) is 3.61. The average Bonchev–Trinajstić information content (AvgIpc) is 2.64. The maximum absolute atomic E-state index is 10.9. The van der Waals surface area contributed by atoms with Gasteiger partial charge in [-0.3, -0.25) is 4.79 Å². The average molecular weight is 186 g/mol. The van der Waals surface area contributed by atoms with Gasteiger partial charge in [-0.15, -0.1) is 0 Å². The molecular formula is C8H14N2O3. The van der Waals surface area contributed by atoms with Crippen LogP contribution in [0, 0.1) is 0 Å². The van der Waals surface area contributed by atoms with E-state index in [0.717, 1.165) is 0 Å². The van der Waals surface area contributed by atoms with E-state index < -0.39 is 6.10 Å². The molecule has 2 fully saturated rings. The lowest BCUT2D eigenvalue weighted by molar-refractivity contribution is -0.119. The smallest absolute Gasteiger partial charge is 0.221 e. The number of amides is 1. The minimum absolute atomic E-state index is 0.0160. The highest BCUT2D eigenvalue weighted by atomic mass is 16.5. The van der Waals surface area contributed by atoms with Crippen LogP contribution in [0.4, 0.5) is 0 Å². The quantitative estimate of drug-likeness (QED) is 0.477. The van der Waals surface area contributed by atoms with Gasteiger partial charge in [0, 0.05) is 19.0 Å². The lowest BCUT2D eigenvalue weighted by Gasteiger charge is -2.18. The molecule has 0 aromatic rings. The number of aliphatic hydroxyl groups excluding tert-OH is 1. The van der Waals surface area contributed by atoms with E-state index in [2.05, 4.69) is 10.6 Å². The fourth-order valence-corrected chi connectivity index (χ4v) is 1.73. The van der Waals surface area contributed by atoms with Gasteiger partial charge in [-0.1, -0.05) is 0 Å². The van der Waals surface area contributed by atoms with Gasteiger partial charge in [0.25, 0.3) is 0 Å². The van der Waals surface area contributed by atoms with Crippen molar-refractivity contribution in [2.45, 2.75) is 24.6 Å². The van der Waals surface area contributed by atoms with Crippen LogP contribution in [-0.4, -0.2) is 49.0 Å². The first kappa shape index (κ1) is 8.93. The van der Waals surface area contributed by atoms with E-state index in [1.165, 1.54) is 0 Å². The third kappa shape index (κ3) is 1.99. The number of aliphatic hydroxyl groups is 1. The lowest BCUT2D eigenvalue weighted by atomic mass is 10.1. The second-order valence-corrected chi connectivity index (χ2v) is 3.58. The van der Waals surface area contributed by atoms with Gasteiger partial charge in [0.1, 0.15) is 0 Å². The highest BCUT2D eigenvalue weighted by Crippen LogP contribution is 2.08. The number of carbonyl (C=O) groups excluding carboxylic acids is 1. The minimum Gasteiger partial charge on any atom is -0.389 e. The topological polar surface area (TPSA) is 70.6 Å². The van der Waals surface area contributed by atoms with Crippen LogP contribution < -0.4 is 10.6 Å². The summed E-state index contributed by atoms with van der Waals surface area (Å²) in [5.41, 5.74) is 0. The van der Waals surface area contributed by atoms with Crippen LogP contribution in [-0.2, 0) is 9.53 Å². The summed E-state index contributed by atoms with van der Waals surface area (Å²) in [5.74, 6) is 0.0749. The van der Waals surface area contributed by atoms with Gasteiger partial charge in [-0.2, -0.15) is 0 Å². The molecule has 2 aliphatic heterocycles. The van der Waals surface area contributed by atoms with Gasteiger partial charge < -0.3 is 20.5 Å². The summed E-state index contributed by atoms with van der Waals surface area (Å²) in [4.78, 5) is 10.9. The Bertz CT molecular complexity index is 210. The zero-order chi connectivity index (χ0) is 9.26. The fraction of sp³-hybridized carbons (Fsp3) is 0.875. The number of ether oxygens (including phenoxy) is 1. The molecule has 3 unspecified atom stereocenters. The number of hydrogen-bond donors (Lipinski definition) is 3. The van der Waals surface area contributed by atoms with E-state index in [4.69, 9.17) is 4.74 Å². The zero-order valence-electron chi connectivity index (χ0n) is 7.32. The number of rotatable bonds is 2. The Morgan fingerprint density at radius 2 is 2.38 bits per heavy atom. The SMILES string of the molecule is O=C1CC(NC2COCC2O)CN1. The molecule has 2 rings (SSSR count). The van der Waals surface area contributed by atoms with Gasteiger partial charge in [-0.05, 0) is 0 Å². The minimum atomic E-state index is -0.435. The van der Waals surface area contributed by atoms with Crippen molar-refractivity contribution in [1.82, 2.24) is 10.6 Å². The molecule has 13 heavy (non-hydrogen) atoms. The monoisotopic (exact) mass is 186 g/mol. The molecule has 0 aliphatic carbocycles. The zero-order valence-corrected chi connectivity index (χ0v) is 7.32. The molecule has 2 heterocycles.